The number of hydrogen-bond acceptors (Lipinski definition) is 2. The van der Waals surface area contributed by atoms with E-state index in [0.29, 0.717) is 0 Å². The van der Waals surface area contributed by atoms with Crippen LogP contribution in [-0.2, 0) is 0 Å². The average Bonchev–Trinajstić information content (AvgIpc) is 3.06. The van der Waals surface area contributed by atoms with Crippen LogP contribution in [0.2, 0.25) is 0 Å². The smallest absolute Gasteiger partial charge is 0.149 e. The molecular formula is C24H21NO. The normalized spacial score (nSPS) is 14.3. The van der Waals surface area contributed by atoms with Crippen molar-refractivity contribution in [2.45, 2.75) is 20.3 Å². The van der Waals surface area contributed by atoms with Gasteiger partial charge in [0.15, 0.2) is 0 Å². The van der Waals surface area contributed by atoms with Gasteiger partial charge in [-0.1, -0.05) is 66.7 Å². The molecule has 0 amide bonds. The third-order valence-corrected chi connectivity index (χ3v) is 4.67. The molecule has 0 atom stereocenters. The molecule has 0 bridgehead atoms. The molecule has 2 aromatic carbocycles. The van der Waals surface area contributed by atoms with Gasteiger partial charge in [0.05, 0.1) is 5.71 Å². The zero-order valence-electron chi connectivity index (χ0n) is 15.1. The average molecular weight is 339 g/mol. The Hall–Kier alpha value is -3.13. The van der Waals surface area contributed by atoms with Crippen molar-refractivity contribution in [1.82, 2.24) is 0 Å². The summed E-state index contributed by atoms with van der Waals surface area (Å²) < 4.78 is 6.15. The molecule has 3 aromatic rings. The summed E-state index contributed by atoms with van der Waals surface area (Å²) in [7, 11) is 0. The summed E-state index contributed by atoms with van der Waals surface area (Å²) in [6.45, 7) is 4.16. The number of allylic oxidation sites excluding steroid dienone is 4. The van der Waals surface area contributed by atoms with Gasteiger partial charge in [-0.3, -0.25) is 4.99 Å². The van der Waals surface area contributed by atoms with Crippen LogP contribution in [0.1, 0.15) is 30.2 Å². The van der Waals surface area contributed by atoms with E-state index in [1.54, 1.807) is 0 Å². The fourth-order valence-electron chi connectivity index (χ4n) is 3.28. The van der Waals surface area contributed by atoms with Gasteiger partial charge in [0.25, 0.3) is 0 Å². The second-order valence-electron chi connectivity index (χ2n) is 6.51. The van der Waals surface area contributed by atoms with Crippen LogP contribution in [0.15, 0.2) is 94.0 Å². The number of aliphatic imine (C=N–C) groups is 1. The number of nitrogens with zero attached hydrogens (tertiary/aromatic N) is 1. The van der Waals surface area contributed by atoms with Gasteiger partial charge in [-0.15, -0.1) is 0 Å². The quantitative estimate of drug-likeness (QED) is 0.539. The third kappa shape index (κ3) is 3.18. The SMILES string of the molecule is CC1=C(c2ccccc2)C=CCC(c2ccc(-c3ccccc3C)o2)=N1. The molecule has 1 aliphatic rings. The first-order chi connectivity index (χ1) is 12.7. The minimum Gasteiger partial charge on any atom is -0.455 e. The minimum atomic E-state index is 0.758. The van der Waals surface area contributed by atoms with Gasteiger partial charge in [0.1, 0.15) is 11.5 Å². The van der Waals surface area contributed by atoms with Crippen LogP contribution in [-0.4, -0.2) is 5.71 Å². The molecule has 26 heavy (non-hydrogen) atoms. The molecule has 128 valence electrons. The molecule has 0 spiro atoms. The predicted molar refractivity (Wildman–Crippen MR) is 108 cm³/mol. The standard InChI is InChI=1S/C24H21NO/c1-17-9-6-7-12-20(17)23-15-16-24(26-23)22-14-8-13-21(18(2)25-22)19-10-4-3-5-11-19/h3-13,15-16H,14H2,1-2H3. The zero-order chi connectivity index (χ0) is 17.9. The number of furan rings is 1. The van der Waals surface area contributed by atoms with E-state index >= 15 is 0 Å². The first kappa shape index (κ1) is 16.3. The predicted octanol–water partition coefficient (Wildman–Crippen LogP) is 6.44. The van der Waals surface area contributed by atoms with Crippen molar-refractivity contribution in [3.63, 3.8) is 0 Å². The maximum atomic E-state index is 6.15. The number of benzene rings is 2. The second-order valence-corrected chi connectivity index (χ2v) is 6.51. The van der Waals surface area contributed by atoms with E-state index in [0.717, 1.165) is 40.5 Å². The van der Waals surface area contributed by atoms with Gasteiger partial charge < -0.3 is 4.42 Å². The van der Waals surface area contributed by atoms with Gasteiger partial charge in [0, 0.05) is 23.3 Å². The van der Waals surface area contributed by atoms with Crippen LogP contribution >= 0.6 is 0 Å². The van der Waals surface area contributed by atoms with E-state index in [4.69, 9.17) is 9.41 Å². The van der Waals surface area contributed by atoms with Crippen molar-refractivity contribution in [3.8, 4) is 11.3 Å². The molecule has 0 saturated heterocycles. The highest BCUT2D eigenvalue weighted by molar-refractivity contribution is 6.01. The highest BCUT2D eigenvalue weighted by Gasteiger charge is 2.14. The van der Waals surface area contributed by atoms with Crippen LogP contribution in [0.25, 0.3) is 16.9 Å². The Morgan fingerprint density at radius 1 is 0.808 bits per heavy atom. The lowest BCUT2D eigenvalue weighted by atomic mass is 10.0. The monoisotopic (exact) mass is 339 g/mol. The minimum absolute atomic E-state index is 0.758. The maximum Gasteiger partial charge on any atom is 0.149 e. The Morgan fingerprint density at radius 3 is 2.35 bits per heavy atom. The lowest BCUT2D eigenvalue weighted by Gasteiger charge is -2.05. The van der Waals surface area contributed by atoms with Crippen molar-refractivity contribution >= 4 is 11.3 Å². The molecular weight excluding hydrogens is 318 g/mol. The summed E-state index contributed by atoms with van der Waals surface area (Å²) in [5, 5.41) is 0. The second kappa shape index (κ2) is 7.01. The van der Waals surface area contributed by atoms with E-state index < -0.39 is 0 Å². The van der Waals surface area contributed by atoms with E-state index in [2.05, 4.69) is 62.4 Å². The summed E-state index contributed by atoms with van der Waals surface area (Å²) >= 11 is 0. The topological polar surface area (TPSA) is 25.5 Å². The van der Waals surface area contributed by atoms with Crippen LogP contribution in [0.3, 0.4) is 0 Å². The van der Waals surface area contributed by atoms with E-state index in [-0.39, 0.29) is 0 Å². The van der Waals surface area contributed by atoms with Crippen molar-refractivity contribution in [2.24, 2.45) is 4.99 Å². The molecule has 2 heterocycles. The maximum absolute atomic E-state index is 6.15. The molecule has 0 saturated carbocycles. The lowest BCUT2D eigenvalue weighted by Crippen LogP contribution is -1.97. The van der Waals surface area contributed by atoms with Crippen molar-refractivity contribution < 1.29 is 4.42 Å². The van der Waals surface area contributed by atoms with E-state index in [1.165, 1.54) is 11.1 Å². The Morgan fingerprint density at radius 2 is 1.54 bits per heavy atom. The molecule has 2 nitrogen and oxygen atoms in total. The Bertz CT molecular complexity index is 1020. The lowest BCUT2D eigenvalue weighted by molar-refractivity contribution is 0.570. The van der Waals surface area contributed by atoms with E-state index in [9.17, 15) is 0 Å². The molecule has 2 heteroatoms. The Balaban J connectivity index is 1.70. The van der Waals surface area contributed by atoms with Gasteiger partial charge in [-0.05, 0) is 37.1 Å². The number of rotatable bonds is 3. The van der Waals surface area contributed by atoms with Crippen molar-refractivity contribution in [3.05, 3.63) is 101 Å². The molecule has 0 fully saturated rings. The van der Waals surface area contributed by atoms with E-state index in [1.807, 2.05) is 30.3 Å². The third-order valence-electron chi connectivity index (χ3n) is 4.67. The zero-order valence-corrected chi connectivity index (χ0v) is 15.1. The van der Waals surface area contributed by atoms with Crippen LogP contribution in [0, 0.1) is 6.92 Å². The first-order valence-corrected chi connectivity index (χ1v) is 8.89. The molecule has 1 aromatic heterocycles. The van der Waals surface area contributed by atoms with Crippen LogP contribution in [0.4, 0.5) is 0 Å². The van der Waals surface area contributed by atoms with Gasteiger partial charge in [-0.2, -0.15) is 0 Å². The summed E-state index contributed by atoms with van der Waals surface area (Å²) in [5.41, 5.74) is 6.65. The largest absolute Gasteiger partial charge is 0.455 e. The Kier molecular flexibility index (Phi) is 4.40. The molecule has 0 aliphatic carbocycles. The summed E-state index contributed by atoms with van der Waals surface area (Å²) in [5.74, 6) is 1.72. The van der Waals surface area contributed by atoms with Gasteiger partial charge in [-0.25, -0.2) is 0 Å². The summed E-state index contributed by atoms with van der Waals surface area (Å²) in [6, 6.07) is 22.7. The fourth-order valence-corrected chi connectivity index (χ4v) is 3.28. The molecule has 0 unspecified atom stereocenters. The molecule has 0 radical (unpaired) electrons. The fraction of sp³-hybridized carbons (Fsp3) is 0.125. The Labute approximate surface area is 154 Å². The highest BCUT2D eigenvalue weighted by Crippen LogP contribution is 2.28. The molecule has 4 rings (SSSR count). The summed E-state index contributed by atoms with van der Waals surface area (Å²) in [4.78, 5) is 4.87. The highest BCUT2D eigenvalue weighted by atomic mass is 16.3. The van der Waals surface area contributed by atoms with Gasteiger partial charge in [0.2, 0.25) is 0 Å². The summed E-state index contributed by atoms with van der Waals surface area (Å²) in [6.07, 6.45) is 5.08. The van der Waals surface area contributed by atoms with Crippen LogP contribution < -0.4 is 0 Å². The van der Waals surface area contributed by atoms with Crippen LogP contribution in [0.5, 0.6) is 0 Å². The first-order valence-electron chi connectivity index (χ1n) is 8.89. The number of aryl methyl sites for hydroxylation is 1. The van der Waals surface area contributed by atoms with Gasteiger partial charge >= 0.3 is 0 Å². The molecule has 1 aliphatic heterocycles. The molecule has 0 N–H and O–H groups in total. The van der Waals surface area contributed by atoms with Crippen molar-refractivity contribution in [1.29, 1.82) is 0 Å². The number of hydrogen-bond donors (Lipinski definition) is 0. The van der Waals surface area contributed by atoms with Crippen molar-refractivity contribution in [2.75, 3.05) is 0 Å².